The van der Waals surface area contributed by atoms with Crippen LogP contribution in [0.2, 0.25) is 5.02 Å². The van der Waals surface area contributed by atoms with E-state index in [0.717, 1.165) is 6.42 Å². The molecule has 1 saturated heterocycles. The molecule has 1 amide bonds. The van der Waals surface area contributed by atoms with E-state index in [1.165, 1.54) is 36.2 Å². The van der Waals surface area contributed by atoms with E-state index in [-0.39, 0.29) is 24.3 Å². The zero-order chi connectivity index (χ0) is 20.6. The molecule has 0 spiro atoms. The van der Waals surface area contributed by atoms with Crippen LogP contribution in [0, 0.1) is 11.7 Å². The molecule has 2 aliphatic heterocycles. The van der Waals surface area contributed by atoms with Gasteiger partial charge in [-0.15, -0.1) is 0 Å². The summed E-state index contributed by atoms with van der Waals surface area (Å²) in [5.41, 5.74) is 6.15. The van der Waals surface area contributed by atoms with E-state index in [1.807, 2.05) is 6.92 Å². The highest BCUT2D eigenvalue weighted by atomic mass is 35.5. The molecule has 1 fully saturated rings. The van der Waals surface area contributed by atoms with E-state index in [9.17, 15) is 9.18 Å². The topological polar surface area (TPSA) is 89.6 Å². The van der Waals surface area contributed by atoms with E-state index in [0.29, 0.717) is 27.2 Å². The van der Waals surface area contributed by atoms with Gasteiger partial charge >= 0.3 is 0 Å². The van der Waals surface area contributed by atoms with Gasteiger partial charge in [-0.05, 0) is 36.8 Å². The molecular weight excluding hydrogens is 415 g/mol. The average Bonchev–Trinajstić information content (AvgIpc) is 3.08. The molecule has 0 saturated carbocycles. The minimum atomic E-state index is -0.890. The highest BCUT2D eigenvalue weighted by Gasteiger charge is 2.53. The van der Waals surface area contributed by atoms with Crippen molar-refractivity contribution in [2.75, 3.05) is 17.7 Å². The van der Waals surface area contributed by atoms with E-state index >= 15 is 0 Å². The number of nitrogens with two attached hydrogens (primary N) is 1. The van der Waals surface area contributed by atoms with Crippen LogP contribution in [0.5, 0.6) is 0 Å². The summed E-state index contributed by atoms with van der Waals surface area (Å²) in [5, 5.41) is 3.62. The van der Waals surface area contributed by atoms with Gasteiger partial charge in [0.05, 0.1) is 17.7 Å². The summed E-state index contributed by atoms with van der Waals surface area (Å²) in [7, 11) is 0. The number of benzene rings is 1. The first-order valence-corrected chi connectivity index (χ1v) is 10.6. The molecular formula is C20H20ClFN4O2S. The number of pyridine rings is 1. The summed E-state index contributed by atoms with van der Waals surface area (Å²) in [6.07, 6.45) is 2.19. The second-order valence-corrected chi connectivity index (χ2v) is 8.54. The largest absolute Gasteiger partial charge is 0.379 e. The molecule has 3 unspecified atom stereocenters. The summed E-state index contributed by atoms with van der Waals surface area (Å²) >= 11 is 7.28. The van der Waals surface area contributed by atoms with Crippen LogP contribution < -0.4 is 11.1 Å². The van der Waals surface area contributed by atoms with Crippen molar-refractivity contribution in [1.29, 1.82) is 0 Å². The lowest BCUT2D eigenvalue weighted by Gasteiger charge is -2.36. The van der Waals surface area contributed by atoms with E-state index < -0.39 is 17.3 Å². The number of thioether (sulfide) groups is 1. The molecule has 9 heteroatoms. The highest BCUT2D eigenvalue weighted by molar-refractivity contribution is 8.13. The minimum absolute atomic E-state index is 0.00295. The molecule has 6 nitrogen and oxygen atoms in total. The monoisotopic (exact) mass is 434 g/mol. The zero-order valence-electron chi connectivity index (χ0n) is 15.7. The van der Waals surface area contributed by atoms with Crippen LogP contribution in [0.1, 0.15) is 29.4 Å². The number of hydrogen-bond acceptors (Lipinski definition) is 6. The summed E-state index contributed by atoms with van der Waals surface area (Å²) < 4.78 is 20.9. The third kappa shape index (κ3) is 3.72. The van der Waals surface area contributed by atoms with Crippen molar-refractivity contribution < 1.29 is 13.9 Å². The van der Waals surface area contributed by atoms with Crippen molar-refractivity contribution in [3.05, 3.63) is 58.6 Å². The number of amidine groups is 1. The predicted molar refractivity (Wildman–Crippen MR) is 113 cm³/mol. The molecule has 1 aromatic carbocycles. The van der Waals surface area contributed by atoms with Gasteiger partial charge in [0.15, 0.2) is 5.17 Å². The van der Waals surface area contributed by atoms with Gasteiger partial charge in [0.1, 0.15) is 17.1 Å². The number of nitrogens with zero attached hydrogens (tertiary/aromatic N) is 2. The first-order valence-electron chi connectivity index (χ1n) is 9.25. The Morgan fingerprint density at radius 3 is 3.00 bits per heavy atom. The Labute approximate surface area is 177 Å². The van der Waals surface area contributed by atoms with Crippen LogP contribution in [-0.2, 0) is 10.3 Å². The number of hydrogen-bond donors (Lipinski definition) is 2. The van der Waals surface area contributed by atoms with Crippen LogP contribution in [0.15, 0.2) is 41.5 Å². The molecule has 4 rings (SSSR count). The molecule has 2 aliphatic rings. The third-order valence-corrected chi connectivity index (χ3v) is 6.49. The Morgan fingerprint density at radius 2 is 2.28 bits per heavy atom. The normalized spacial score (nSPS) is 26.0. The highest BCUT2D eigenvalue weighted by Crippen LogP contribution is 2.49. The number of amides is 1. The number of carbonyl (C=O) groups excluding carboxylic acids is 1. The first-order chi connectivity index (χ1) is 13.9. The van der Waals surface area contributed by atoms with E-state index in [2.05, 4.69) is 15.3 Å². The van der Waals surface area contributed by atoms with Gasteiger partial charge in [-0.3, -0.25) is 4.79 Å². The number of fused-ring (bicyclic) bond motifs is 1. The Hall–Kier alpha value is -2.16. The second-order valence-electron chi connectivity index (χ2n) is 7.06. The maximum atomic E-state index is 14.9. The second kappa shape index (κ2) is 7.93. The maximum absolute atomic E-state index is 14.9. The molecule has 0 aliphatic carbocycles. The lowest BCUT2D eigenvalue weighted by atomic mass is 9.78. The van der Waals surface area contributed by atoms with Gasteiger partial charge in [-0.25, -0.2) is 14.4 Å². The lowest BCUT2D eigenvalue weighted by molar-refractivity contribution is 0.0904. The van der Waals surface area contributed by atoms with Crippen molar-refractivity contribution in [2.24, 2.45) is 16.6 Å². The van der Waals surface area contributed by atoms with Crippen LogP contribution in [-0.4, -0.2) is 34.5 Å². The minimum Gasteiger partial charge on any atom is -0.379 e. The third-order valence-electron chi connectivity index (χ3n) is 5.35. The van der Waals surface area contributed by atoms with Gasteiger partial charge in [0.2, 0.25) is 0 Å². The number of nitrogens with one attached hydrogen (secondary N) is 1. The molecule has 3 N–H and O–H groups in total. The Kier molecular flexibility index (Phi) is 5.50. The zero-order valence-corrected chi connectivity index (χ0v) is 17.3. The smallest absolute Gasteiger partial charge is 0.274 e. The van der Waals surface area contributed by atoms with Gasteiger partial charge in [-0.2, -0.15) is 0 Å². The fourth-order valence-corrected chi connectivity index (χ4v) is 5.09. The summed E-state index contributed by atoms with van der Waals surface area (Å²) in [6.45, 7) is 2.30. The molecule has 0 radical (unpaired) electrons. The number of rotatable bonds is 4. The molecule has 152 valence electrons. The number of aliphatic imine (C=N–C) groups is 1. The van der Waals surface area contributed by atoms with Crippen molar-refractivity contribution in [2.45, 2.75) is 25.0 Å². The van der Waals surface area contributed by atoms with Crippen molar-refractivity contribution in [1.82, 2.24) is 4.98 Å². The number of anilines is 1. The molecule has 2 aromatic rings. The Morgan fingerprint density at radius 1 is 1.45 bits per heavy atom. The first kappa shape index (κ1) is 20.1. The molecule has 0 bridgehead atoms. The standard InChI is InChI=1S/C20H20ClFN4O2S/c1-2-17-14-9-29-19(23)26-20(14,10-28-17)13-7-12(4-5-15(13)22)25-18(27)16-6-3-11(21)8-24-16/h3-8,14,17H,2,9-10H2,1H3,(H2,23,26)(H,25,27). The number of halogens is 2. The van der Waals surface area contributed by atoms with Gasteiger partial charge in [0.25, 0.3) is 5.91 Å². The number of aromatic nitrogens is 1. The lowest BCUT2D eigenvalue weighted by Crippen LogP contribution is -2.42. The van der Waals surface area contributed by atoms with Gasteiger partial charge < -0.3 is 15.8 Å². The quantitative estimate of drug-likeness (QED) is 0.763. The summed E-state index contributed by atoms with van der Waals surface area (Å²) in [4.78, 5) is 21.1. The van der Waals surface area contributed by atoms with E-state index in [1.54, 1.807) is 12.1 Å². The van der Waals surface area contributed by atoms with Crippen molar-refractivity contribution in [3.63, 3.8) is 0 Å². The van der Waals surface area contributed by atoms with Crippen LogP contribution in [0.4, 0.5) is 10.1 Å². The van der Waals surface area contributed by atoms with Crippen LogP contribution in [0.3, 0.4) is 0 Å². The van der Waals surface area contributed by atoms with Gasteiger partial charge in [0, 0.05) is 29.1 Å². The van der Waals surface area contributed by atoms with Gasteiger partial charge in [-0.1, -0.05) is 30.3 Å². The molecule has 29 heavy (non-hydrogen) atoms. The van der Waals surface area contributed by atoms with Crippen LogP contribution in [0.25, 0.3) is 0 Å². The van der Waals surface area contributed by atoms with Crippen molar-refractivity contribution >= 4 is 40.1 Å². The van der Waals surface area contributed by atoms with Crippen molar-refractivity contribution in [3.8, 4) is 0 Å². The molecule has 3 heterocycles. The maximum Gasteiger partial charge on any atom is 0.274 e. The molecule has 1 aromatic heterocycles. The fourth-order valence-electron chi connectivity index (χ4n) is 3.91. The van der Waals surface area contributed by atoms with Crippen LogP contribution >= 0.6 is 23.4 Å². The number of ether oxygens (including phenoxy) is 1. The van der Waals surface area contributed by atoms with E-state index in [4.69, 9.17) is 22.1 Å². The summed E-state index contributed by atoms with van der Waals surface area (Å²) in [6, 6.07) is 7.57. The summed E-state index contributed by atoms with van der Waals surface area (Å²) in [5.74, 6) is -0.104. The Bertz CT molecular complexity index is 971. The fraction of sp³-hybridized carbons (Fsp3) is 0.350. The Balaban J connectivity index is 1.68. The SMILES string of the molecule is CCC1OCC2(c3cc(NC(=O)c4ccc(Cl)cn4)ccc3F)N=C(N)SCC12. The molecule has 3 atom stereocenters. The number of carbonyl (C=O) groups is 1. The average molecular weight is 435 g/mol. The predicted octanol–water partition coefficient (Wildman–Crippen LogP) is 3.81.